The average molecular weight is 480 g/mol. The molecule has 100 valence electrons. The summed E-state index contributed by atoms with van der Waals surface area (Å²) in [5.74, 6) is -1.09. The van der Waals surface area contributed by atoms with Crippen LogP contribution in [0.15, 0.2) is 22.3 Å². The number of rotatable bonds is 4. The van der Waals surface area contributed by atoms with E-state index in [0.29, 0.717) is 24.0 Å². The van der Waals surface area contributed by atoms with E-state index >= 15 is 0 Å². The number of halogens is 2. The number of carbonyl (C=O) groups excluding carboxylic acids is 2. The fourth-order valence-corrected chi connectivity index (χ4v) is 2.02. The van der Waals surface area contributed by atoms with Crippen LogP contribution in [0.3, 0.4) is 0 Å². The lowest BCUT2D eigenvalue weighted by Gasteiger charge is -2.19. The molecule has 0 saturated carbocycles. The minimum Gasteiger partial charge on any atom is -0.283 e. The third kappa shape index (κ3) is 3.90. The zero-order chi connectivity index (χ0) is 13.7. The molecule has 1 aliphatic carbocycles. The molecule has 0 fully saturated rings. The maximum absolute atomic E-state index is 11.6. The molecule has 0 aromatic heterocycles. The van der Waals surface area contributed by atoms with E-state index in [1.807, 2.05) is 0 Å². The number of carbonyl (C=O) groups is 2. The van der Waals surface area contributed by atoms with Crippen molar-refractivity contribution in [2.45, 2.75) is 26.7 Å². The first-order valence-electron chi connectivity index (χ1n) is 4.87. The molecule has 0 unspecified atom stereocenters. The first-order chi connectivity index (χ1) is 8.51. The standard InChI is InChI=1S/C10H10I2O6/c1-5-3-8(10(14)16-18-12)6(2)4-7(5)9(13)15-17-11/h3-4H2,1-2H3. The zero-order valence-electron chi connectivity index (χ0n) is 9.62. The highest BCUT2D eigenvalue weighted by atomic mass is 127. The van der Waals surface area contributed by atoms with Crippen molar-refractivity contribution in [2.24, 2.45) is 0 Å². The molecule has 0 bridgehead atoms. The molecule has 0 aliphatic heterocycles. The fraction of sp³-hybridized carbons (Fsp3) is 0.400. The van der Waals surface area contributed by atoms with Crippen LogP contribution in [0, 0.1) is 0 Å². The van der Waals surface area contributed by atoms with Gasteiger partial charge in [-0.3, -0.25) is 9.78 Å². The van der Waals surface area contributed by atoms with E-state index in [1.54, 1.807) is 13.8 Å². The first kappa shape index (κ1) is 15.9. The third-order valence-electron chi connectivity index (χ3n) is 2.62. The Bertz CT molecular complexity index is 386. The predicted molar refractivity (Wildman–Crippen MR) is 77.0 cm³/mol. The smallest absolute Gasteiger partial charge is 0.283 e. The average Bonchev–Trinajstić information content (AvgIpc) is 2.32. The molecule has 0 aromatic carbocycles. The van der Waals surface area contributed by atoms with Crippen molar-refractivity contribution in [3.63, 3.8) is 0 Å². The Labute approximate surface area is 132 Å². The van der Waals surface area contributed by atoms with Gasteiger partial charge in [-0.2, -0.15) is 0 Å². The quantitative estimate of drug-likeness (QED) is 0.350. The van der Waals surface area contributed by atoms with Gasteiger partial charge in [0.05, 0.1) is 0 Å². The topological polar surface area (TPSA) is 71.1 Å². The Morgan fingerprint density at radius 1 is 0.889 bits per heavy atom. The van der Waals surface area contributed by atoms with E-state index in [4.69, 9.17) is 0 Å². The molecule has 1 rings (SSSR count). The van der Waals surface area contributed by atoms with E-state index in [9.17, 15) is 9.59 Å². The van der Waals surface area contributed by atoms with Gasteiger partial charge in [0.15, 0.2) is 46.0 Å². The predicted octanol–water partition coefficient (Wildman–Crippen LogP) is 3.06. The monoisotopic (exact) mass is 480 g/mol. The lowest BCUT2D eigenvalue weighted by atomic mass is 9.87. The maximum atomic E-state index is 11.6. The van der Waals surface area contributed by atoms with Crippen molar-refractivity contribution >= 4 is 58.0 Å². The summed E-state index contributed by atoms with van der Waals surface area (Å²) in [6, 6.07) is 0. The van der Waals surface area contributed by atoms with Gasteiger partial charge in [0.2, 0.25) is 0 Å². The van der Waals surface area contributed by atoms with Gasteiger partial charge in [-0.1, -0.05) is 11.1 Å². The van der Waals surface area contributed by atoms with E-state index in [1.165, 1.54) is 46.0 Å². The molecule has 1 aliphatic rings. The van der Waals surface area contributed by atoms with Crippen molar-refractivity contribution in [1.82, 2.24) is 0 Å². The maximum Gasteiger partial charge on any atom is 0.370 e. The molecular formula is C10H10I2O6. The fourth-order valence-electron chi connectivity index (χ4n) is 1.70. The van der Waals surface area contributed by atoms with Crippen LogP contribution < -0.4 is 0 Å². The minimum atomic E-state index is -0.543. The van der Waals surface area contributed by atoms with Gasteiger partial charge in [0, 0.05) is 24.0 Å². The van der Waals surface area contributed by atoms with E-state index in [2.05, 4.69) is 16.2 Å². The lowest BCUT2D eigenvalue weighted by Crippen LogP contribution is -2.17. The summed E-state index contributed by atoms with van der Waals surface area (Å²) in [5, 5.41) is 0. The van der Waals surface area contributed by atoms with Crippen LogP contribution in [-0.2, 0) is 25.8 Å². The van der Waals surface area contributed by atoms with Crippen LogP contribution in [0.4, 0.5) is 0 Å². The second kappa shape index (κ2) is 7.40. The zero-order valence-corrected chi connectivity index (χ0v) is 13.9. The minimum absolute atomic E-state index is 0.330. The van der Waals surface area contributed by atoms with Gasteiger partial charge in [-0.15, -0.1) is 6.43 Å². The van der Waals surface area contributed by atoms with Crippen molar-refractivity contribution in [1.29, 1.82) is 0 Å². The molecule has 0 aromatic rings. The largest absolute Gasteiger partial charge is 0.370 e. The van der Waals surface area contributed by atoms with Crippen molar-refractivity contribution in [3.8, 4) is 0 Å². The molecule has 0 atom stereocenters. The Morgan fingerprint density at radius 2 is 1.22 bits per heavy atom. The van der Waals surface area contributed by atoms with Gasteiger partial charge in [0.1, 0.15) is 0 Å². The molecule has 18 heavy (non-hydrogen) atoms. The van der Waals surface area contributed by atoms with Crippen LogP contribution in [-0.4, -0.2) is 11.9 Å². The van der Waals surface area contributed by atoms with E-state index in [-0.39, 0.29) is 0 Å². The summed E-state index contributed by atoms with van der Waals surface area (Å²) in [6.45, 7) is 3.52. The molecule has 8 heteroatoms. The molecule has 0 amide bonds. The van der Waals surface area contributed by atoms with Crippen LogP contribution in [0.2, 0.25) is 0 Å². The Kier molecular flexibility index (Phi) is 6.52. The van der Waals surface area contributed by atoms with Crippen molar-refractivity contribution < 1.29 is 25.8 Å². The summed E-state index contributed by atoms with van der Waals surface area (Å²) in [6.07, 6.45) is 0.659. The Morgan fingerprint density at radius 3 is 1.50 bits per heavy atom. The normalized spacial score (nSPS) is 15.8. The third-order valence-corrected chi connectivity index (χ3v) is 2.98. The summed E-state index contributed by atoms with van der Waals surface area (Å²) < 4.78 is 8.62. The molecule has 0 spiro atoms. The molecular weight excluding hydrogens is 470 g/mol. The van der Waals surface area contributed by atoms with Crippen LogP contribution in [0.1, 0.15) is 26.7 Å². The summed E-state index contributed by atoms with van der Waals surface area (Å²) in [7, 11) is 0. The van der Waals surface area contributed by atoms with Crippen molar-refractivity contribution in [2.75, 3.05) is 0 Å². The SMILES string of the molecule is CC1=C(C(=O)OOI)CC(C)=C(C(=O)OOI)C1. The summed E-state index contributed by atoms with van der Waals surface area (Å²) >= 11 is 2.94. The second-order valence-corrected chi connectivity index (χ2v) is 4.46. The van der Waals surface area contributed by atoms with Crippen LogP contribution in [0.5, 0.6) is 0 Å². The highest BCUT2D eigenvalue weighted by molar-refractivity contribution is 14.1. The first-order valence-corrected chi connectivity index (χ1v) is 6.63. The summed E-state index contributed by atoms with van der Waals surface area (Å²) in [4.78, 5) is 32.1. The van der Waals surface area contributed by atoms with Crippen LogP contribution >= 0.6 is 46.0 Å². The van der Waals surface area contributed by atoms with Gasteiger partial charge in [-0.05, 0) is 13.8 Å². The number of hydrogen-bond donors (Lipinski definition) is 0. The molecule has 0 heterocycles. The lowest BCUT2D eigenvalue weighted by molar-refractivity contribution is -0.191. The Hall–Kier alpha value is -0.200. The number of allylic oxidation sites excluding steroid dienone is 2. The second-order valence-electron chi connectivity index (χ2n) is 3.74. The van der Waals surface area contributed by atoms with Gasteiger partial charge < -0.3 is 0 Å². The Balaban J connectivity index is 2.86. The van der Waals surface area contributed by atoms with E-state index in [0.717, 1.165) is 11.1 Å². The van der Waals surface area contributed by atoms with Crippen LogP contribution in [0.25, 0.3) is 0 Å². The highest BCUT2D eigenvalue weighted by Crippen LogP contribution is 2.31. The molecule has 0 saturated heterocycles. The molecule has 0 radical (unpaired) electrons. The van der Waals surface area contributed by atoms with Gasteiger partial charge in [-0.25, -0.2) is 9.59 Å². The highest BCUT2D eigenvalue weighted by Gasteiger charge is 2.26. The van der Waals surface area contributed by atoms with Crippen molar-refractivity contribution in [3.05, 3.63) is 22.3 Å². The van der Waals surface area contributed by atoms with Gasteiger partial charge in [0.25, 0.3) is 0 Å². The summed E-state index contributed by atoms with van der Waals surface area (Å²) in [5.41, 5.74) is 2.49. The molecule has 0 N–H and O–H groups in total. The molecule has 6 nitrogen and oxygen atoms in total. The number of hydrogen-bond acceptors (Lipinski definition) is 6. The van der Waals surface area contributed by atoms with Gasteiger partial charge >= 0.3 is 11.9 Å². The van der Waals surface area contributed by atoms with E-state index < -0.39 is 11.9 Å².